The van der Waals surface area contributed by atoms with Crippen molar-refractivity contribution in [1.29, 1.82) is 0 Å². The van der Waals surface area contributed by atoms with Crippen LogP contribution in [0.15, 0.2) is 11.2 Å². The van der Waals surface area contributed by atoms with Gasteiger partial charge in [-0.25, -0.2) is 4.68 Å². The van der Waals surface area contributed by atoms with Crippen molar-refractivity contribution in [3.8, 4) is 0 Å². The van der Waals surface area contributed by atoms with Crippen molar-refractivity contribution in [2.45, 2.75) is 26.1 Å². The van der Waals surface area contributed by atoms with Crippen molar-refractivity contribution in [2.75, 3.05) is 0 Å². The molecule has 0 fully saturated rings. The molecule has 1 aliphatic rings. The molecular weight excluding hydrogens is 180 g/mol. The largest absolute Gasteiger partial charge is 0.370 e. The van der Waals surface area contributed by atoms with E-state index in [1.54, 1.807) is 10.9 Å². The average molecular weight is 194 g/mol. The molecule has 1 aromatic heterocycles. The maximum atomic E-state index is 5.78. The summed E-state index contributed by atoms with van der Waals surface area (Å²) in [6.45, 7) is 4.16. The highest BCUT2D eigenvalue weighted by Crippen LogP contribution is 2.28. The van der Waals surface area contributed by atoms with Crippen LogP contribution in [0, 0.1) is 0 Å². The van der Waals surface area contributed by atoms with Gasteiger partial charge in [0.25, 0.3) is 0 Å². The van der Waals surface area contributed by atoms with Gasteiger partial charge in [-0.05, 0) is 5.92 Å². The van der Waals surface area contributed by atoms with E-state index in [1.807, 2.05) is 0 Å². The third kappa shape index (κ3) is 1.24. The molecule has 0 spiro atoms. The normalized spacial score (nSPS) is 20.3. The maximum absolute atomic E-state index is 5.78. The quantitative estimate of drug-likeness (QED) is 0.585. The highest BCUT2D eigenvalue weighted by atomic mass is 15.5. The third-order valence-corrected chi connectivity index (χ3v) is 2.20. The summed E-state index contributed by atoms with van der Waals surface area (Å²) >= 11 is 0. The topological polar surface area (TPSA) is 94.2 Å². The second-order valence-electron chi connectivity index (χ2n) is 3.61. The molecule has 0 radical (unpaired) electrons. The number of nitrogens with zero attached hydrogens (tertiary/aromatic N) is 3. The van der Waals surface area contributed by atoms with Crippen LogP contribution in [-0.2, 0) is 0 Å². The zero-order chi connectivity index (χ0) is 10.3. The van der Waals surface area contributed by atoms with Crippen molar-refractivity contribution in [1.82, 2.24) is 15.1 Å². The summed E-state index contributed by atoms with van der Waals surface area (Å²) < 4.78 is 1.63. The van der Waals surface area contributed by atoms with Gasteiger partial charge >= 0.3 is 0 Å². The number of fused-ring (bicyclic) bond motifs is 1. The molecule has 6 heteroatoms. The van der Waals surface area contributed by atoms with Crippen LogP contribution in [0.3, 0.4) is 0 Å². The molecule has 0 aromatic carbocycles. The van der Waals surface area contributed by atoms with E-state index in [1.165, 1.54) is 0 Å². The van der Waals surface area contributed by atoms with Crippen LogP contribution < -0.4 is 16.8 Å². The zero-order valence-electron chi connectivity index (χ0n) is 8.23. The molecule has 1 atom stereocenters. The predicted octanol–water partition coefficient (Wildman–Crippen LogP) is -0.0293. The number of nitrogens with one attached hydrogen (secondary N) is 1. The number of aromatic nitrogens is 2. The van der Waals surface area contributed by atoms with Crippen LogP contribution in [0.2, 0.25) is 0 Å². The summed E-state index contributed by atoms with van der Waals surface area (Å²) in [6, 6.07) is 0. The Morgan fingerprint density at radius 1 is 1.57 bits per heavy atom. The van der Waals surface area contributed by atoms with Crippen molar-refractivity contribution >= 4 is 11.8 Å². The molecule has 0 saturated heterocycles. The Morgan fingerprint density at radius 2 is 2.29 bits per heavy atom. The summed E-state index contributed by atoms with van der Waals surface area (Å²) in [5.74, 6) is 1.46. The summed E-state index contributed by atoms with van der Waals surface area (Å²) in [4.78, 5) is 4.18. The molecule has 1 aromatic rings. The number of guanidine groups is 1. The van der Waals surface area contributed by atoms with Crippen LogP contribution in [-0.4, -0.2) is 15.7 Å². The van der Waals surface area contributed by atoms with Gasteiger partial charge in [-0.15, -0.1) is 0 Å². The van der Waals surface area contributed by atoms with E-state index in [2.05, 4.69) is 29.3 Å². The third-order valence-electron chi connectivity index (χ3n) is 2.20. The summed E-state index contributed by atoms with van der Waals surface area (Å²) in [7, 11) is 0. The highest BCUT2D eigenvalue weighted by molar-refractivity contribution is 5.82. The predicted molar refractivity (Wildman–Crippen MR) is 54.0 cm³/mol. The number of hydrogen-bond acceptors (Lipinski definition) is 5. The van der Waals surface area contributed by atoms with Crippen molar-refractivity contribution in [3.05, 3.63) is 11.8 Å². The van der Waals surface area contributed by atoms with Gasteiger partial charge in [-0.1, -0.05) is 13.8 Å². The standard InChI is InChI=1S/C8H14N6/c1-4(2)5-3-11-14-6(5)12-7(9)13-8(14)10/h3-4,8H,10H2,1-2H3,(H3,9,12,13). The molecule has 0 saturated carbocycles. The lowest BCUT2D eigenvalue weighted by molar-refractivity contribution is 0.432. The molecule has 1 aliphatic heterocycles. The van der Waals surface area contributed by atoms with Crippen molar-refractivity contribution < 1.29 is 0 Å². The monoisotopic (exact) mass is 194 g/mol. The fraction of sp³-hybridized carbons (Fsp3) is 0.500. The Balaban J connectivity index is 2.53. The summed E-state index contributed by atoms with van der Waals surface area (Å²) in [6.07, 6.45) is 1.36. The van der Waals surface area contributed by atoms with E-state index < -0.39 is 6.29 Å². The van der Waals surface area contributed by atoms with Crippen LogP contribution in [0.1, 0.15) is 31.6 Å². The second kappa shape index (κ2) is 2.98. The molecule has 76 valence electrons. The molecule has 2 heterocycles. The van der Waals surface area contributed by atoms with E-state index >= 15 is 0 Å². The van der Waals surface area contributed by atoms with Gasteiger partial charge in [0, 0.05) is 5.56 Å². The first-order valence-electron chi connectivity index (χ1n) is 4.53. The van der Waals surface area contributed by atoms with Gasteiger partial charge in [-0.2, -0.15) is 10.1 Å². The summed E-state index contributed by atoms with van der Waals surface area (Å²) in [5.41, 5.74) is 12.4. The molecule has 1 unspecified atom stereocenters. The fourth-order valence-electron chi connectivity index (χ4n) is 1.45. The van der Waals surface area contributed by atoms with Crippen LogP contribution in [0.5, 0.6) is 0 Å². The molecule has 5 N–H and O–H groups in total. The minimum absolute atomic E-state index is 0.340. The Bertz CT molecular complexity index is 377. The molecule has 14 heavy (non-hydrogen) atoms. The lowest BCUT2D eigenvalue weighted by Crippen LogP contribution is -2.45. The summed E-state index contributed by atoms with van der Waals surface area (Å²) in [5, 5.41) is 6.95. The van der Waals surface area contributed by atoms with Gasteiger partial charge in [0.1, 0.15) is 0 Å². The second-order valence-corrected chi connectivity index (χ2v) is 3.61. The molecular formula is C8H14N6. The molecule has 0 amide bonds. The van der Waals surface area contributed by atoms with E-state index in [4.69, 9.17) is 11.5 Å². The first kappa shape index (κ1) is 9.01. The average Bonchev–Trinajstić information content (AvgIpc) is 2.47. The van der Waals surface area contributed by atoms with Crippen LogP contribution in [0.25, 0.3) is 0 Å². The van der Waals surface area contributed by atoms with Gasteiger partial charge < -0.3 is 11.1 Å². The molecule has 0 bridgehead atoms. The van der Waals surface area contributed by atoms with E-state index in [9.17, 15) is 0 Å². The minimum atomic E-state index is -0.421. The number of rotatable bonds is 1. The lowest BCUT2D eigenvalue weighted by Gasteiger charge is -2.21. The van der Waals surface area contributed by atoms with Crippen molar-refractivity contribution in [3.63, 3.8) is 0 Å². The van der Waals surface area contributed by atoms with Gasteiger partial charge in [0.2, 0.25) is 0 Å². The smallest absolute Gasteiger partial charge is 0.198 e. The highest BCUT2D eigenvalue weighted by Gasteiger charge is 2.21. The Kier molecular flexibility index (Phi) is 1.92. The maximum Gasteiger partial charge on any atom is 0.198 e. The number of aliphatic imine (C=N–C) groups is 1. The van der Waals surface area contributed by atoms with E-state index in [-0.39, 0.29) is 0 Å². The molecule has 0 aliphatic carbocycles. The number of nitrogens with two attached hydrogens (primary N) is 2. The van der Waals surface area contributed by atoms with Gasteiger partial charge in [-0.3, -0.25) is 5.73 Å². The number of hydrogen-bond donors (Lipinski definition) is 3. The first-order chi connectivity index (χ1) is 6.59. The van der Waals surface area contributed by atoms with Gasteiger partial charge in [0.15, 0.2) is 18.1 Å². The Labute approximate surface area is 82.0 Å². The SMILES string of the molecule is CC(C)c1cnn2c1N=C(N)NC2N. The Hall–Kier alpha value is -1.56. The fourth-order valence-corrected chi connectivity index (χ4v) is 1.45. The lowest BCUT2D eigenvalue weighted by atomic mass is 10.1. The van der Waals surface area contributed by atoms with Crippen LogP contribution >= 0.6 is 0 Å². The zero-order valence-corrected chi connectivity index (χ0v) is 8.23. The van der Waals surface area contributed by atoms with E-state index in [0.717, 1.165) is 11.4 Å². The molecule has 6 nitrogen and oxygen atoms in total. The van der Waals surface area contributed by atoms with Crippen LogP contribution in [0.4, 0.5) is 5.82 Å². The minimum Gasteiger partial charge on any atom is -0.370 e. The van der Waals surface area contributed by atoms with Crippen molar-refractivity contribution in [2.24, 2.45) is 16.5 Å². The first-order valence-corrected chi connectivity index (χ1v) is 4.53. The Morgan fingerprint density at radius 3 is 2.93 bits per heavy atom. The van der Waals surface area contributed by atoms with E-state index in [0.29, 0.717) is 11.9 Å². The molecule has 2 rings (SSSR count). The van der Waals surface area contributed by atoms with Gasteiger partial charge in [0.05, 0.1) is 6.20 Å².